The summed E-state index contributed by atoms with van der Waals surface area (Å²) >= 11 is 12.0. The zero-order valence-corrected chi connectivity index (χ0v) is 16.0. The molecule has 2 N–H and O–H groups in total. The number of amides is 1. The molecule has 0 spiro atoms. The monoisotopic (exact) mass is 395 g/mol. The molecule has 1 aliphatic rings. The highest BCUT2D eigenvalue weighted by Gasteiger charge is 2.50. The van der Waals surface area contributed by atoms with Crippen molar-refractivity contribution in [1.29, 1.82) is 0 Å². The number of benzene rings is 1. The van der Waals surface area contributed by atoms with Crippen LogP contribution in [0, 0.1) is 19.3 Å². The number of carbonyl (C=O) groups excluding carboxylic acids is 1. The van der Waals surface area contributed by atoms with E-state index in [9.17, 15) is 14.7 Å². The van der Waals surface area contributed by atoms with Crippen molar-refractivity contribution >= 4 is 35.1 Å². The van der Waals surface area contributed by atoms with Crippen LogP contribution in [0.25, 0.3) is 5.69 Å². The second-order valence-corrected chi connectivity index (χ2v) is 7.51. The SMILES string of the molecule is Cc1nn(-c2ccc(Cl)c(Cl)c2)c(C)c1CC(=O)NCC1(C(=O)O)CC1. The highest BCUT2D eigenvalue weighted by Crippen LogP contribution is 2.45. The second-order valence-electron chi connectivity index (χ2n) is 6.70. The number of aryl methyl sites for hydroxylation is 1. The van der Waals surface area contributed by atoms with E-state index in [4.69, 9.17) is 23.2 Å². The van der Waals surface area contributed by atoms with Gasteiger partial charge >= 0.3 is 5.97 Å². The van der Waals surface area contributed by atoms with Crippen LogP contribution in [0.3, 0.4) is 0 Å². The van der Waals surface area contributed by atoms with Crippen LogP contribution in [-0.4, -0.2) is 33.3 Å². The molecule has 8 heteroatoms. The van der Waals surface area contributed by atoms with Gasteiger partial charge in [0.05, 0.1) is 33.3 Å². The first kappa shape index (κ1) is 18.7. The van der Waals surface area contributed by atoms with Crippen LogP contribution in [0.2, 0.25) is 10.0 Å². The molecule has 0 aliphatic heterocycles. The summed E-state index contributed by atoms with van der Waals surface area (Å²) in [6.45, 7) is 3.88. The summed E-state index contributed by atoms with van der Waals surface area (Å²) in [4.78, 5) is 23.5. The average molecular weight is 396 g/mol. The maximum Gasteiger partial charge on any atom is 0.311 e. The van der Waals surface area contributed by atoms with Crippen molar-refractivity contribution in [3.63, 3.8) is 0 Å². The zero-order chi connectivity index (χ0) is 19.1. The van der Waals surface area contributed by atoms with Crippen molar-refractivity contribution in [2.45, 2.75) is 33.1 Å². The fourth-order valence-electron chi connectivity index (χ4n) is 2.91. The quantitative estimate of drug-likeness (QED) is 0.785. The molecule has 1 aliphatic carbocycles. The molecule has 1 aromatic heterocycles. The number of hydrogen-bond donors (Lipinski definition) is 2. The molecular formula is C18H19Cl2N3O3. The number of halogens is 2. The lowest BCUT2D eigenvalue weighted by Gasteiger charge is -2.11. The van der Waals surface area contributed by atoms with Crippen LogP contribution in [0.1, 0.15) is 29.8 Å². The van der Waals surface area contributed by atoms with E-state index in [2.05, 4.69) is 10.4 Å². The predicted octanol–water partition coefficient (Wildman–Crippen LogP) is 3.32. The molecule has 1 saturated carbocycles. The number of carbonyl (C=O) groups is 2. The molecule has 0 radical (unpaired) electrons. The molecule has 26 heavy (non-hydrogen) atoms. The predicted molar refractivity (Wildman–Crippen MR) is 99.1 cm³/mol. The lowest BCUT2D eigenvalue weighted by molar-refractivity contribution is -0.143. The van der Waals surface area contributed by atoms with Gasteiger partial charge in [0.25, 0.3) is 0 Å². The molecule has 1 fully saturated rings. The number of nitrogens with one attached hydrogen (secondary N) is 1. The lowest BCUT2D eigenvalue weighted by atomic mass is 10.1. The highest BCUT2D eigenvalue weighted by molar-refractivity contribution is 6.42. The average Bonchev–Trinajstić information content (AvgIpc) is 3.34. The number of nitrogens with zero attached hydrogens (tertiary/aromatic N) is 2. The fourth-order valence-corrected chi connectivity index (χ4v) is 3.20. The van der Waals surface area contributed by atoms with Gasteiger partial charge in [0.1, 0.15) is 0 Å². The summed E-state index contributed by atoms with van der Waals surface area (Å²) in [5.74, 6) is -1.06. The summed E-state index contributed by atoms with van der Waals surface area (Å²) in [7, 11) is 0. The van der Waals surface area contributed by atoms with Crippen molar-refractivity contribution in [1.82, 2.24) is 15.1 Å². The molecule has 2 aromatic rings. The van der Waals surface area contributed by atoms with Gasteiger partial charge in [-0.05, 0) is 44.9 Å². The number of carboxylic acids is 1. The van der Waals surface area contributed by atoms with Crippen molar-refractivity contribution in [3.05, 3.63) is 45.2 Å². The number of carboxylic acid groups (broad SMARTS) is 1. The molecule has 0 saturated heterocycles. The number of hydrogen-bond acceptors (Lipinski definition) is 3. The van der Waals surface area contributed by atoms with E-state index in [1.165, 1.54) is 0 Å². The summed E-state index contributed by atoms with van der Waals surface area (Å²) < 4.78 is 1.72. The van der Waals surface area contributed by atoms with Crippen LogP contribution >= 0.6 is 23.2 Å². The Bertz CT molecular complexity index is 888. The third-order valence-corrected chi connectivity index (χ3v) is 5.60. The van der Waals surface area contributed by atoms with E-state index in [1.54, 1.807) is 22.9 Å². The Hall–Kier alpha value is -2.05. The fraction of sp³-hybridized carbons (Fsp3) is 0.389. The molecular weight excluding hydrogens is 377 g/mol. The normalized spacial score (nSPS) is 14.9. The molecule has 0 unspecified atom stereocenters. The number of aliphatic carboxylic acids is 1. The Morgan fingerprint density at radius 2 is 1.96 bits per heavy atom. The van der Waals surface area contributed by atoms with Gasteiger partial charge in [-0.25, -0.2) is 4.68 Å². The van der Waals surface area contributed by atoms with Crippen molar-refractivity contribution < 1.29 is 14.7 Å². The van der Waals surface area contributed by atoms with E-state index in [0.29, 0.717) is 22.9 Å². The smallest absolute Gasteiger partial charge is 0.311 e. The minimum Gasteiger partial charge on any atom is -0.481 e. The topological polar surface area (TPSA) is 84.2 Å². The third-order valence-electron chi connectivity index (χ3n) is 4.86. The molecule has 1 heterocycles. The van der Waals surface area contributed by atoms with Crippen LogP contribution in [-0.2, 0) is 16.0 Å². The van der Waals surface area contributed by atoms with Gasteiger partial charge in [-0.3, -0.25) is 9.59 Å². The van der Waals surface area contributed by atoms with Crippen LogP contribution in [0.5, 0.6) is 0 Å². The Kier molecular flexibility index (Phi) is 4.99. The molecule has 6 nitrogen and oxygen atoms in total. The highest BCUT2D eigenvalue weighted by atomic mass is 35.5. The summed E-state index contributed by atoms with van der Waals surface area (Å²) in [6, 6.07) is 5.22. The van der Waals surface area contributed by atoms with Gasteiger partial charge in [-0.2, -0.15) is 5.10 Å². The second kappa shape index (κ2) is 6.93. The largest absolute Gasteiger partial charge is 0.481 e. The minimum absolute atomic E-state index is 0.148. The van der Waals surface area contributed by atoms with Gasteiger partial charge < -0.3 is 10.4 Å². The number of rotatable bonds is 6. The Morgan fingerprint density at radius 1 is 1.27 bits per heavy atom. The maximum atomic E-state index is 12.3. The van der Waals surface area contributed by atoms with Crippen molar-refractivity contribution in [2.75, 3.05) is 6.54 Å². The van der Waals surface area contributed by atoms with Gasteiger partial charge in [-0.15, -0.1) is 0 Å². The van der Waals surface area contributed by atoms with E-state index in [-0.39, 0.29) is 18.9 Å². The van der Waals surface area contributed by atoms with Crippen LogP contribution in [0.4, 0.5) is 0 Å². The summed E-state index contributed by atoms with van der Waals surface area (Å²) in [6.07, 6.45) is 1.36. The van der Waals surface area contributed by atoms with E-state index in [1.807, 2.05) is 13.8 Å². The third kappa shape index (κ3) is 3.57. The summed E-state index contributed by atoms with van der Waals surface area (Å²) in [5, 5.41) is 17.3. The van der Waals surface area contributed by atoms with E-state index < -0.39 is 11.4 Å². The molecule has 0 bridgehead atoms. The maximum absolute atomic E-state index is 12.3. The van der Waals surface area contributed by atoms with Gasteiger partial charge in [0.2, 0.25) is 5.91 Å². The Morgan fingerprint density at radius 3 is 2.54 bits per heavy atom. The zero-order valence-electron chi connectivity index (χ0n) is 14.5. The molecule has 1 aromatic carbocycles. The van der Waals surface area contributed by atoms with E-state index >= 15 is 0 Å². The first-order chi connectivity index (χ1) is 12.2. The first-order valence-electron chi connectivity index (χ1n) is 8.24. The standard InChI is InChI=1S/C18H19Cl2N3O3/c1-10-13(8-16(24)21-9-18(5-6-18)17(25)26)11(2)23(22-10)12-3-4-14(19)15(20)7-12/h3-4,7H,5-6,8-9H2,1-2H3,(H,21,24)(H,25,26). The molecule has 3 rings (SSSR count). The van der Waals surface area contributed by atoms with Gasteiger partial charge in [0, 0.05) is 17.8 Å². The van der Waals surface area contributed by atoms with Crippen molar-refractivity contribution in [2.24, 2.45) is 5.41 Å². The molecule has 138 valence electrons. The summed E-state index contributed by atoms with van der Waals surface area (Å²) in [5.41, 5.74) is 2.37. The van der Waals surface area contributed by atoms with Gasteiger partial charge in [-0.1, -0.05) is 23.2 Å². The van der Waals surface area contributed by atoms with Crippen molar-refractivity contribution in [3.8, 4) is 5.69 Å². The van der Waals surface area contributed by atoms with Crippen LogP contribution < -0.4 is 5.32 Å². The lowest BCUT2D eigenvalue weighted by Crippen LogP contribution is -2.35. The molecule has 0 atom stereocenters. The minimum atomic E-state index is -0.849. The molecule has 1 amide bonds. The van der Waals surface area contributed by atoms with Crippen LogP contribution in [0.15, 0.2) is 18.2 Å². The van der Waals surface area contributed by atoms with Gasteiger partial charge in [0.15, 0.2) is 0 Å². The first-order valence-corrected chi connectivity index (χ1v) is 9.00. The Balaban J connectivity index is 1.74. The number of aromatic nitrogens is 2. The van der Waals surface area contributed by atoms with E-state index in [0.717, 1.165) is 22.6 Å². The Labute approximate surface area is 161 Å².